The molecule has 2 N–H and O–H groups in total. The zero-order valence-corrected chi connectivity index (χ0v) is 13.2. The normalized spacial score (nSPS) is 10.2. The van der Waals surface area contributed by atoms with Gasteiger partial charge >= 0.3 is 0 Å². The molecule has 1 aromatic heterocycles. The lowest BCUT2D eigenvalue weighted by atomic mass is 10.0. The summed E-state index contributed by atoms with van der Waals surface area (Å²) in [6.07, 6.45) is 1.81. The van der Waals surface area contributed by atoms with Crippen molar-refractivity contribution in [3.05, 3.63) is 28.6 Å². The summed E-state index contributed by atoms with van der Waals surface area (Å²) < 4.78 is 10.7. The second-order valence-electron chi connectivity index (χ2n) is 4.58. The highest BCUT2D eigenvalue weighted by molar-refractivity contribution is 7.16. The van der Waals surface area contributed by atoms with Crippen LogP contribution in [0.25, 0.3) is 10.4 Å². The van der Waals surface area contributed by atoms with Gasteiger partial charge in [0.1, 0.15) is 22.4 Å². The van der Waals surface area contributed by atoms with Gasteiger partial charge < -0.3 is 15.2 Å². The van der Waals surface area contributed by atoms with Crippen LogP contribution in [0.2, 0.25) is 0 Å². The molecule has 0 amide bonds. The average molecular weight is 302 g/mol. The number of anilines is 1. The molecule has 0 aliphatic rings. The molecule has 0 aliphatic heterocycles. The first-order chi connectivity index (χ1) is 10.2. The van der Waals surface area contributed by atoms with E-state index < -0.39 is 0 Å². The Morgan fingerprint density at radius 2 is 2.05 bits per heavy atom. The number of methoxy groups -OCH3 is 2. The molecule has 0 aliphatic carbocycles. The van der Waals surface area contributed by atoms with E-state index in [0.717, 1.165) is 40.3 Å². The zero-order chi connectivity index (χ0) is 15.4. The Morgan fingerprint density at radius 3 is 2.62 bits per heavy atom. The van der Waals surface area contributed by atoms with Crippen LogP contribution in [0.5, 0.6) is 11.5 Å². The number of benzene rings is 1. The van der Waals surface area contributed by atoms with Gasteiger partial charge in [0, 0.05) is 16.5 Å². The Labute approximate surface area is 128 Å². The minimum Gasteiger partial charge on any atom is -0.497 e. The van der Waals surface area contributed by atoms with Gasteiger partial charge in [-0.1, -0.05) is 13.3 Å². The summed E-state index contributed by atoms with van der Waals surface area (Å²) in [5.74, 6) is 1.45. The lowest BCUT2D eigenvalue weighted by Gasteiger charge is -2.11. The number of hydrogen-bond donors (Lipinski definition) is 1. The monoisotopic (exact) mass is 302 g/mol. The minimum atomic E-state index is 0.561. The second kappa shape index (κ2) is 6.51. The van der Waals surface area contributed by atoms with Gasteiger partial charge in [0.05, 0.1) is 19.9 Å². The van der Waals surface area contributed by atoms with E-state index in [4.69, 9.17) is 15.2 Å². The van der Waals surface area contributed by atoms with Crippen LogP contribution < -0.4 is 15.2 Å². The van der Waals surface area contributed by atoms with E-state index >= 15 is 0 Å². The SMILES string of the molecule is CCCc1c(-c2ccc(OC)cc2OC)sc(C#N)c1N. The molecule has 0 saturated carbocycles. The highest BCUT2D eigenvalue weighted by Crippen LogP contribution is 2.43. The van der Waals surface area contributed by atoms with Crippen molar-refractivity contribution in [2.45, 2.75) is 19.8 Å². The maximum Gasteiger partial charge on any atom is 0.131 e. The molecule has 2 rings (SSSR count). The standard InChI is InChI=1S/C16H18N2O2S/c1-4-5-12-15(18)14(9-17)21-16(12)11-7-6-10(19-2)8-13(11)20-3/h6-8H,4-5,18H2,1-3H3. The number of ether oxygens (including phenoxy) is 2. The largest absolute Gasteiger partial charge is 0.497 e. The van der Waals surface area contributed by atoms with E-state index in [-0.39, 0.29) is 0 Å². The molecule has 0 unspecified atom stereocenters. The van der Waals surface area contributed by atoms with Crippen molar-refractivity contribution >= 4 is 17.0 Å². The molecule has 5 heteroatoms. The third kappa shape index (κ3) is 2.81. The summed E-state index contributed by atoms with van der Waals surface area (Å²) in [6.45, 7) is 2.10. The van der Waals surface area contributed by atoms with E-state index in [0.29, 0.717) is 10.6 Å². The maximum absolute atomic E-state index is 9.21. The van der Waals surface area contributed by atoms with Crippen LogP contribution in [0, 0.1) is 11.3 Å². The molecule has 21 heavy (non-hydrogen) atoms. The van der Waals surface area contributed by atoms with E-state index in [1.54, 1.807) is 14.2 Å². The molecular formula is C16H18N2O2S. The Balaban J connectivity index is 2.63. The van der Waals surface area contributed by atoms with Crippen molar-refractivity contribution in [1.29, 1.82) is 5.26 Å². The molecule has 1 heterocycles. The number of nitrogen functional groups attached to an aromatic ring is 1. The summed E-state index contributed by atoms with van der Waals surface area (Å²) >= 11 is 1.42. The highest BCUT2D eigenvalue weighted by atomic mass is 32.1. The summed E-state index contributed by atoms with van der Waals surface area (Å²) in [5.41, 5.74) is 8.68. The first-order valence-corrected chi connectivity index (χ1v) is 7.51. The molecule has 0 radical (unpaired) electrons. The fraction of sp³-hybridized carbons (Fsp3) is 0.312. The molecular weight excluding hydrogens is 284 g/mol. The zero-order valence-electron chi connectivity index (χ0n) is 12.4. The molecule has 0 bridgehead atoms. The van der Waals surface area contributed by atoms with Crippen LogP contribution in [0.1, 0.15) is 23.8 Å². The van der Waals surface area contributed by atoms with E-state index in [1.165, 1.54) is 11.3 Å². The van der Waals surface area contributed by atoms with Gasteiger partial charge in [0.25, 0.3) is 0 Å². The average Bonchev–Trinajstić information content (AvgIpc) is 2.83. The molecule has 110 valence electrons. The van der Waals surface area contributed by atoms with E-state index in [1.807, 2.05) is 18.2 Å². The van der Waals surface area contributed by atoms with Crippen molar-refractivity contribution in [2.75, 3.05) is 20.0 Å². The number of nitrogens with zero attached hydrogens (tertiary/aromatic N) is 1. The number of nitrogens with two attached hydrogens (primary N) is 1. The fourth-order valence-corrected chi connectivity index (χ4v) is 3.36. The smallest absolute Gasteiger partial charge is 0.131 e. The summed E-state index contributed by atoms with van der Waals surface area (Å²) in [6, 6.07) is 7.84. The Kier molecular flexibility index (Phi) is 4.71. The van der Waals surface area contributed by atoms with Gasteiger partial charge in [-0.2, -0.15) is 5.26 Å². The first kappa shape index (κ1) is 15.2. The summed E-state index contributed by atoms with van der Waals surface area (Å²) in [4.78, 5) is 1.57. The van der Waals surface area contributed by atoms with Crippen LogP contribution >= 0.6 is 11.3 Å². The lowest BCUT2D eigenvalue weighted by Crippen LogP contribution is -1.95. The molecule has 4 nitrogen and oxygen atoms in total. The van der Waals surface area contributed by atoms with Gasteiger partial charge in [-0.3, -0.25) is 0 Å². The van der Waals surface area contributed by atoms with Crippen LogP contribution in [-0.4, -0.2) is 14.2 Å². The quantitative estimate of drug-likeness (QED) is 0.911. The van der Waals surface area contributed by atoms with Crippen molar-refractivity contribution in [2.24, 2.45) is 0 Å². The Hall–Kier alpha value is -2.19. The Morgan fingerprint density at radius 1 is 1.29 bits per heavy atom. The molecule has 0 spiro atoms. The van der Waals surface area contributed by atoms with Gasteiger partial charge in [-0.15, -0.1) is 11.3 Å². The third-order valence-electron chi connectivity index (χ3n) is 3.30. The first-order valence-electron chi connectivity index (χ1n) is 6.69. The number of thiophene rings is 1. The van der Waals surface area contributed by atoms with Crippen LogP contribution in [-0.2, 0) is 6.42 Å². The van der Waals surface area contributed by atoms with Gasteiger partial charge in [0.15, 0.2) is 0 Å². The molecule has 1 aromatic carbocycles. The van der Waals surface area contributed by atoms with Crippen molar-refractivity contribution in [3.8, 4) is 28.0 Å². The predicted octanol–water partition coefficient (Wildman–Crippen LogP) is 3.84. The van der Waals surface area contributed by atoms with Gasteiger partial charge in [-0.05, 0) is 24.1 Å². The van der Waals surface area contributed by atoms with Crippen molar-refractivity contribution < 1.29 is 9.47 Å². The predicted molar refractivity (Wildman–Crippen MR) is 86.0 cm³/mol. The van der Waals surface area contributed by atoms with Crippen LogP contribution in [0.4, 0.5) is 5.69 Å². The van der Waals surface area contributed by atoms with Gasteiger partial charge in [-0.25, -0.2) is 0 Å². The highest BCUT2D eigenvalue weighted by Gasteiger charge is 2.19. The Bertz CT molecular complexity index is 686. The maximum atomic E-state index is 9.21. The number of rotatable bonds is 5. The van der Waals surface area contributed by atoms with Crippen molar-refractivity contribution in [3.63, 3.8) is 0 Å². The summed E-state index contributed by atoms with van der Waals surface area (Å²) in [7, 11) is 3.24. The number of nitriles is 1. The minimum absolute atomic E-state index is 0.561. The van der Waals surface area contributed by atoms with Crippen LogP contribution in [0.15, 0.2) is 18.2 Å². The third-order valence-corrected chi connectivity index (χ3v) is 4.49. The second-order valence-corrected chi connectivity index (χ2v) is 5.60. The number of hydrogen-bond acceptors (Lipinski definition) is 5. The molecule has 0 saturated heterocycles. The lowest BCUT2D eigenvalue weighted by molar-refractivity contribution is 0.395. The molecule has 0 fully saturated rings. The topological polar surface area (TPSA) is 68.3 Å². The van der Waals surface area contributed by atoms with Crippen LogP contribution in [0.3, 0.4) is 0 Å². The summed E-state index contributed by atoms with van der Waals surface area (Å²) in [5, 5.41) is 9.21. The molecule has 0 atom stereocenters. The fourth-order valence-electron chi connectivity index (χ4n) is 2.26. The van der Waals surface area contributed by atoms with Gasteiger partial charge in [0.2, 0.25) is 0 Å². The van der Waals surface area contributed by atoms with Crippen molar-refractivity contribution in [1.82, 2.24) is 0 Å². The molecule has 2 aromatic rings. The van der Waals surface area contributed by atoms with E-state index in [9.17, 15) is 5.26 Å². The van der Waals surface area contributed by atoms with E-state index in [2.05, 4.69) is 13.0 Å².